The van der Waals surface area contributed by atoms with Gasteiger partial charge < -0.3 is 4.74 Å². The highest BCUT2D eigenvalue weighted by Gasteiger charge is 2.33. The Balaban J connectivity index is 1.69. The van der Waals surface area contributed by atoms with Crippen molar-refractivity contribution in [2.24, 2.45) is 0 Å². The number of thioether (sulfide) groups is 1. The second kappa shape index (κ2) is 6.09. The Morgan fingerprint density at radius 2 is 1.96 bits per heavy atom. The van der Waals surface area contributed by atoms with E-state index >= 15 is 0 Å². The van der Waals surface area contributed by atoms with Crippen molar-refractivity contribution in [1.29, 1.82) is 0 Å². The molecule has 0 saturated carbocycles. The summed E-state index contributed by atoms with van der Waals surface area (Å²) >= 11 is 1.33. The topological polar surface area (TPSA) is 69.9 Å². The second-order valence-corrected chi connectivity index (χ2v) is 6.33. The molecule has 6 nitrogen and oxygen atoms in total. The fourth-order valence-electron chi connectivity index (χ4n) is 2.72. The number of aromatic nitrogens is 4. The maximum Gasteiger partial charge on any atom is 0.340 e. The van der Waals surface area contributed by atoms with Gasteiger partial charge in [-0.05, 0) is 46.3 Å². The average Bonchev–Trinajstić information content (AvgIpc) is 3.21. The Labute approximate surface area is 142 Å². The number of carbonyl (C=O) groups is 1. The van der Waals surface area contributed by atoms with E-state index in [1.807, 2.05) is 36.4 Å². The zero-order valence-corrected chi connectivity index (χ0v) is 13.7. The van der Waals surface area contributed by atoms with Crippen LogP contribution < -0.4 is 0 Å². The van der Waals surface area contributed by atoms with Crippen LogP contribution in [-0.4, -0.2) is 26.2 Å². The summed E-state index contributed by atoms with van der Waals surface area (Å²) in [5, 5.41) is 12.6. The van der Waals surface area contributed by atoms with E-state index in [4.69, 9.17) is 4.74 Å². The molecule has 0 spiro atoms. The molecule has 0 fully saturated rings. The number of hydrogen-bond donors (Lipinski definition) is 0. The molecule has 1 aliphatic heterocycles. The lowest BCUT2D eigenvalue weighted by atomic mass is 10.1. The highest BCUT2D eigenvalue weighted by Crippen LogP contribution is 2.42. The number of fused-ring (bicyclic) bond motifs is 1. The molecule has 3 aromatic rings. The van der Waals surface area contributed by atoms with Crippen molar-refractivity contribution in [3.05, 3.63) is 65.2 Å². The number of hydrogen-bond acceptors (Lipinski definition) is 6. The third kappa shape index (κ3) is 2.46. The molecule has 2 aromatic carbocycles. The highest BCUT2D eigenvalue weighted by molar-refractivity contribution is 7.99. The first-order valence-electron chi connectivity index (χ1n) is 7.61. The van der Waals surface area contributed by atoms with Gasteiger partial charge in [-0.25, -0.2) is 4.79 Å². The lowest BCUT2D eigenvalue weighted by Crippen LogP contribution is -2.04. The summed E-state index contributed by atoms with van der Waals surface area (Å²) in [4.78, 5) is 12.0. The Morgan fingerprint density at radius 1 is 1.17 bits per heavy atom. The van der Waals surface area contributed by atoms with E-state index in [0.717, 1.165) is 23.2 Å². The first-order valence-corrected chi connectivity index (χ1v) is 8.49. The molecule has 0 aliphatic carbocycles. The summed E-state index contributed by atoms with van der Waals surface area (Å²) < 4.78 is 7.16. The van der Waals surface area contributed by atoms with Crippen molar-refractivity contribution in [3.63, 3.8) is 0 Å². The molecular weight excluding hydrogens is 324 g/mol. The highest BCUT2D eigenvalue weighted by atomic mass is 32.2. The van der Waals surface area contributed by atoms with Crippen LogP contribution in [0.3, 0.4) is 0 Å². The van der Waals surface area contributed by atoms with Gasteiger partial charge in [0, 0.05) is 5.56 Å². The van der Waals surface area contributed by atoms with Crippen LogP contribution in [0.2, 0.25) is 0 Å². The summed E-state index contributed by atoms with van der Waals surface area (Å²) in [5.74, 6) is -0.309. The molecular formula is C17H14N4O2S. The maximum atomic E-state index is 12.0. The van der Waals surface area contributed by atoms with Crippen LogP contribution in [0.15, 0.2) is 53.7 Å². The van der Waals surface area contributed by atoms with Crippen molar-refractivity contribution < 1.29 is 9.53 Å². The van der Waals surface area contributed by atoms with E-state index in [1.165, 1.54) is 11.8 Å². The predicted molar refractivity (Wildman–Crippen MR) is 89.0 cm³/mol. The fourth-order valence-corrected chi connectivity index (χ4v) is 3.69. The van der Waals surface area contributed by atoms with Gasteiger partial charge in [0.25, 0.3) is 0 Å². The van der Waals surface area contributed by atoms with Crippen molar-refractivity contribution in [3.8, 4) is 5.69 Å². The Morgan fingerprint density at radius 3 is 2.83 bits per heavy atom. The standard InChI is InChI=1S/C17H14N4O2S/c1-2-11-7-3-6-10-14(11)21-17(18-19-20-21)24-16-13-9-5-4-8-12(13)15(22)23-16/h3-10,16H,2H2,1H3/t16-/m1/s1. The van der Waals surface area contributed by atoms with Crippen LogP contribution in [0.25, 0.3) is 5.69 Å². The van der Waals surface area contributed by atoms with Crippen molar-refractivity contribution in [1.82, 2.24) is 20.2 Å². The summed E-state index contributed by atoms with van der Waals surface area (Å²) in [5.41, 5.74) is 3.10. The van der Waals surface area contributed by atoms with Gasteiger partial charge in [0.05, 0.1) is 11.3 Å². The monoisotopic (exact) mass is 338 g/mol. The minimum absolute atomic E-state index is 0.309. The number of tetrazole rings is 1. The third-order valence-corrected chi connectivity index (χ3v) is 4.93. The van der Waals surface area contributed by atoms with E-state index in [9.17, 15) is 4.79 Å². The number of aryl methyl sites for hydroxylation is 1. The van der Waals surface area contributed by atoms with Crippen LogP contribution in [0, 0.1) is 0 Å². The molecule has 4 rings (SSSR count). The number of nitrogens with zero attached hydrogens (tertiary/aromatic N) is 4. The van der Waals surface area contributed by atoms with Gasteiger partial charge in [-0.2, -0.15) is 4.68 Å². The molecule has 0 amide bonds. The first-order chi connectivity index (χ1) is 11.8. The number of cyclic esters (lactones) is 1. The lowest BCUT2D eigenvalue weighted by molar-refractivity contribution is 0.0521. The zero-order chi connectivity index (χ0) is 16.5. The molecule has 1 aliphatic rings. The van der Waals surface area contributed by atoms with E-state index in [-0.39, 0.29) is 5.97 Å². The molecule has 24 heavy (non-hydrogen) atoms. The van der Waals surface area contributed by atoms with Gasteiger partial charge in [-0.15, -0.1) is 5.10 Å². The van der Waals surface area contributed by atoms with Gasteiger partial charge in [-0.3, -0.25) is 0 Å². The SMILES string of the molecule is CCc1ccccc1-n1nnnc1S[C@H]1OC(=O)c2ccccc21. The summed E-state index contributed by atoms with van der Waals surface area (Å²) in [6.45, 7) is 2.09. The van der Waals surface area contributed by atoms with Gasteiger partial charge in [0.2, 0.25) is 5.16 Å². The Hall–Kier alpha value is -2.67. The number of rotatable bonds is 4. The summed E-state index contributed by atoms with van der Waals surface area (Å²) in [6.07, 6.45) is 0.876. The molecule has 2 heterocycles. The fraction of sp³-hybridized carbons (Fsp3) is 0.176. The van der Waals surface area contributed by atoms with Crippen LogP contribution in [0.1, 0.15) is 33.8 Å². The van der Waals surface area contributed by atoms with Crippen molar-refractivity contribution >= 4 is 17.7 Å². The van der Waals surface area contributed by atoms with Crippen LogP contribution in [0.4, 0.5) is 0 Å². The summed E-state index contributed by atoms with van der Waals surface area (Å²) in [6, 6.07) is 15.4. The molecule has 7 heteroatoms. The molecule has 0 unspecified atom stereocenters. The molecule has 0 saturated heterocycles. The summed E-state index contributed by atoms with van der Waals surface area (Å²) in [7, 11) is 0. The number of benzene rings is 2. The molecule has 0 radical (unpaired) electrons. The quantitative estimate of drug-likeness (QED) is 0.681. The van der Waals surface area contributed by atoms with Crippen LogP contribution >= 0.6 is 11.8 Å². The smallest absolute Gasteiger partial charge is 0.340 e. The van der Waals surface area contributed by atoms with Gasteiger partial charge in [-0.1, -0.05) is 43.3 Å². The van der Waals surface area contributed by atoms with Gasteiger partial charge >= 0.3 is 5.97 Å². The second-order valence-electron chi connectivity index (χ2n) is 5.30. The van der Waals surface area contributed by atoms with E-state index < -0.39 is 5.44 Å². The van der Waals surface area contributed by atoms with Gasteiger partial charge in [0.1, 0.15) is 0 Å². The number of para-hydroxylation sites is 1. The van der Waals surface area contributed by atoms with Crippen LogP contribution in [0.5, 0.6) is 0 Å². The molecule has 0 bridgehead atoms. The van der Waals surface area contributed by atoms with Gasteiger partial charge in [0.15, 0.2) is 5.44 Å². The van der Waals surface area contributed by atoms with Crippen molar-refractivity contribution in [2.45, 2.75) is 23.9 Å². The van der Waals surface area contributed by atoms with E-state index in [1.54, 1.807) is 10.7 Å². The molecule has 1 atom stereocenters. The third-order valence-electron chi connectivity index (χ3n) is 3.90. The molecule has 0 N–H and O–H groups in total. The zero-order valence-electron chi connectivity index (χ0n) is 12.9. The lowest BCUT2D eigenvalue weighted by Gasteiger charge is -2.11. The number of esters is 1. The first kappa shape index (κ1) is 14.9. The largest absolute Gasteiger partial charge is 0.442 e. The normalized spacial score (nSPS) is 16.0. The molecule has 120 valence electrons. The minimum atomic E-state index is -0.438. The average molecular weight is 338 g/mol. The number of ether oxygens (including phenoxy) is 1. The Kier molecular flexibility index (Phi) is 3.78. The minimum Gasteiger partial charge on any atom is -0.442 e. The van der Waals surface area contributed by atoms with E-state index in [2.05, 4.69) is 28.5 Å². The van der Waals surface area contributed by atoms with Crippen molar-refractivity contribution in [2.75, 3.05) is 0 Å². The maximum absolute atomic E-state index is 12.0. The van der Waals surface area contributed by atoms with E-state index in [0.29, 0.717) is 10.7 Å². The number of carbonyl (C=O) groups excluding carboxylic acids is 1. The molecule has 1 aromatic heterocycles. The predicted octanol–water partition coefficient (Wildman–Crippen LogP) is 3.19. The van der Waals surface area contributed by atoms with Crippen LogP contribution in [-0.2, 0) is 11.2 Å². The Bertz CT molecular complexity index is 909.